The lowest BCUT2D eigenvalue weighted by atomic mass is 10.3. The molecule has 8 nitrogen and oxygen atoms in total. The molecule has 0 amide bonds. The number of sulfone groups is 1. The Balaban J connectivity index is 3.26. The molecule has 0 atom stereocenters. The van der Waals surface area contributed by atoms with Gasteiger partial charge in [-0.1, -0.05) is 0 Å². The summed E-state index contributed by atoms with van der Waals surface area (Å²) in [6.45, 7) is 0. The Morgan fingerprint density at radius 3 is 2.20 bits per heavy atom. The van der Waals surface area contributed by atoms with Crippen LogP contribution in [0, 0.1) is 0 Å². The van der Waals surface area contributed by atoms with Crippen LogP contribution in [0.2, 0.25) is 0 Å². The van der Waals surface area contributed by atoms with Gasteiger partial charge in [0.15, 0.2) is 9.84 Å². The molecule has 1 aromatic rings. The number of nitrogen functional groups attached to an aromatic ring is 1. The van der Waals surface area contributed by atoms with Crippen LogP contribution in [0.15, 0.2) is 17.0 Å². The van der Waals surface area contributed by atoms with Gasteiger partial charge in [0.1, 0.15) is 16.4 Å². The Kier molecular flexibility index (Phi) is 5.04. The van der Waals surface area contributed by atoms with Crippen molar-refractivity contribution < 1.29 is 32.2 Å². The molecule has 10 heteroatoms. The van der Waals surface area contributed by atoms with Crippen molar-refractivity contribution in [1.82, 2.24) is 0 Å². The minimum absolute atomic E-state index is 0.00554. The third-order valence-corrected chi connectivity index (χ3v) is 5.34. The van der Waals surface area contributed by atoms with Gasteiger partial charge in [0, 0.05) is 12.1 Å². The summed E-state index contributed by atoms with van der Waals surface area (Å²) < 4.78 is 44.9. The summed E-state index contributed by atoms with van der Waals surface area (Å²) in [4.78, 5) is 17.3. The monoisotopic (exact) mass is 325 g/mol. The number of anilines is 1. The van der Waals surface area contributed by atoms with Gasteiger partial charge < -0.3 is 25.0 Å². The number of nitrogens with two attached hydrogens (primary N) is 1. The van der Waals surface area contributed by atoms with Crippen molar-refractivity contribution in [2.75, 3.05) is 31.9 Å². The second kappa shape index (κ2) is 6.01. The van der Waals surface area contributed by atoms with Crippen molar-refractivity contribution in [1.29, 1.82) is 0 Å². The molecule has 0 fully saturated rings. The molecule has 114 valence electrons. The number of methoxy groups -OCH3 is 2. The summed E-state index contributed by atoms with van der Waals surface area (Å²) in [5.74, 6) is -0.574. The molecule has 0 aromatic heterocycles. The Hall–Kier alpha value is -1.28. The highest BCUT2D eigenvalue weighted by molar-refractivity contribution is 7.91. The van der Waals surface area contributed by atoms with E-state index in [1.165, 1.54) is 26.4 Å². The second-order valence-corrected chi connectivity index (χ2v) is 7.81. The Morgan fingerprint density at radius 1 is 1.20 bits per heavy atom. The van der Waals surface area contributed by atoms with E-state index in [9.17, 15) is 13.0 Å². The number of hydrogen-bond acceptors (Lipinski definition) is 6. The Labute approximate surface area is 116 Å². The molecule has 4 N–H and O–H groups in total. The molecule has 0 saturated heterocycles. The first kappa shape index (κ1) is 16.8. The van der Waals surface area contributed by atoms with Crippen LogP contribution in [0.25, 0.3) is 0 Å². The van der Waals surface area contributed by atoms with Gasteiger partial charge in [0.05, 0.1) is 31.8 Å². The average Bonchev–Trinajstić information content (AvgIpc) is 2.35. The van der Waals surface area contributed by atoms with Crippen LogP contribution >= 0.6 is 7.60 Å². The number of ether oxygens (including phenoxy) is 2. The molecule has 0 aliphatic carbocycles. The van der Waals surface area contributed by atoms with Crippen LogP contribution in [0.3, 0.4) is 0 Å². The summed E-state index contributed by atoms with van der Waals surface area (Å²) in [5.41, 5.74) is 5.83. The SMILES string of the molecule is COc1cc(S(=O)(=O)CCP(=O)(O)O)c(OC)cc1N. The van der Waals surface area contributed by atoms with Crippen molar-refractivity contribution in [3.05, 3.63) is 12.1 Å². The van der Waals surface area contributed by atoms with E-state index in [1.807, 2.05) is 0 Å². The lowest BCUT2D eigenvalue weighted by molar-refractivity contribution is 0.374. The molecule has 0 spiro atoms. The number of rotatable bonds is 6. The van der Waals surface area contributed by atoms with Crippen LogP contribution in [0.5, 0.6) is 11.5 Å². The van der Waals surface area contributed by atoms with E-state index in [2.05, 4.69) is 0 Å². The summed E-state index contributed by atoms with van der Waals surface area (Å²) in [5, 5.41) is 0. The zero-order chi connectivity index (χ0) is 15.6. The van der Waals surface area contributed by atoms with E-state index in [0.717, 1.165) is 0 Å². The van der Waals surface area contributed by atoms with Gasteiger partial charge in [-0.25, -0.2) is 8.42 Å². The molecule has 0 radical (unpaired) electrons. The topological polar surface area (TPSA) is 136 Å². The molecule has 20 heavy (non-hydrogen) atoms. The molecule has 0 unspecified atom stereocenters. The van der Waals surface area contributed by atoms with Gasteiger partial charge in [-0.15, -0.1) is 0 Å². The highest BCUT2D eigenvalue weighted by Gasteiger charge is 2.25. The van der Waals surface area contributed by atoms with Gasteiger partial charge in [-0.2, -0.15) is 0 Å². The molecular weight excluding hydrogens is 309 g/mol. The maximum Gasteiger partial charge on any atom is 0.326 e. The van der Waals surface area contributed by atoms with Crippen molar-refractivity contribution in [2.24, 2.45) is 0 Å². The average molecular weight is 325 g/mol. The summed E-state index contributed by atoms with van der Waals surface area (Å²) in [6.07, 6.45) is -0.773. The first-order chi connectivity index (χ1) is 9.10. The van der Waals surface area contributed by atoms with Crippen LogP contribution in [0.1, 0.15) is 0 Å². The minimum Gasteiger partial charge on any atom is -0.495 e. The highest BCUT2D eigenvalue weighted by Crippen LogP contribution is 2.38. The maximum absolute atomic E-state index is 12.1. The lowest BCUT2D eigenvalue weighted by Crippen LogP contribution is -2.12. The molecular formula is C10H16NO7PS. The predicted molar refractivity (Wildman–Crippen MR) is 72.9 cm³/mol. The number of hydrogen-bond donors (Lipinski definition) is 3. The minimum atomic E-state index is -4.41. The standard InChI is InChI=1S/C10H16NO7PS/c1-17-8-6-10(9(18-2)5-7(8)11)20(15,16)4-3-19(12,13)14/h5-6H,3-4,11H2,1-2H3,(H2,12,13,14). The van der Waals surface area contributed by atoms with Crippen LogP contribution < -0.4 is 15.2 Å². The molecule has 0 saturated carbocycles. The zero-order valence-corrected chi connectivity index (χ0v) is 12.6. The molecule has 0 bridgehead atoms. The molecule has 1 aromatic carbocycles. The highest BCUT2D eigenvalue weighted by atomic mass is 32.2. The fourth-order valence-electron chi connectivity index (χ4n) is 1.49. The van der Waals surface area contributed by atoms with Gasteiger partial charge >= 0.3 is 7.60 Å². The second-order valence-electron chi connectivity index (χ2n) is 3.95. The van der Waals surface area contributed by atoms with Gasteiger partial charge in [0.25, 0.3) is 0 Å². The molecule has 1 rings (SSSR count). The summed E-state index contributed by atoms with van der Waals surface area (Å²) >= 11 is 0. The number of benzene rings is 1. The normalized spacial score (nSPS) is 12.2. The maximum atomic E-state index is 12.1. The van der Waals surface area contributed by atoms with E-state index in [4.69, 9.17) is 25.0 Å². The van der Waals surface area contributed by atoms with Crippen molar-refractivity contribution >= 4 is 23.1 Å². The summed E-state index contributed by atoms with van der Waals surface area (Å²) in [6, 6.07) is 2.45. The predicted octanol–water partition coefficient (Wildman–Crippen LogP) is 0.237. The van der Waals surface area contributed by atoms with Crippen molar-refractivity contribution in [3.63, 3.8) is 0 Å². The van der Waals surface area contributed by atoms with Crippen molar-refractivity contribution in [2.45, 2.75) is 4.90 Å². The molecule has 0 aliphatic heterocycles. The quantitative estimate of drug-likeness (QED) is 0.500. The molecule has 0 heterocycles. The van der Waals surface area contributed by atoms with Gasteiger partial charge in [0.2, 0.25) is 0 Å². The largest absolute Gasteiger partial charge is 0.495 e. The van der Waals surface area contributed by atoms with Crippen LogP contribution in [-0.4, -0.2) is 44.3 Å². The van der Waals surface area contributed by atoms with E-state index >= 15 is 0 Å². The Bertz CT molecular complexity index is 637. The Morgan fingerprint density at radius 2 is 1.75 bits per heavy atom. The van der Waals surface area contributed by atoms with Gasteiger partial charge in [-0.05, 0) is 0 Å². The fraction of sp³-hybridized carbons (Fsp3) is 0.400. The lowest BCUT2D eigenvalue weighted by Gasteiger charge is -2.13. The first-order valence-corrected chi connectivity index (χ1v) is 8.84. The van der Waals surface area contributed by atoms with E-state index in [0.29, 0.717) is 0 Å². The summed E-state index contributed by atoms with van der Waals surface area (Å²) in [7, 11) is -5.76. The van der Waals surface area contributed by atoms with E-state index in [1.54, 1.807) is 0 Å². The van der Waals surface area contributed by atoms with E-state index < -0.39 is 29.3 Å². The van der Waals surface area contributed by atoms with Crippen LogP contribution in [-0.2, 0) is 14.4 Å². The van der Waals surface area contributed by atoms with Crippen molar-refractivity contribution in [3.8, 4) is 11.5 Å². The smallest absolute Gasteiger partial charge is 0.326 e. The zero-order valence-electron chi connectivity index (χ0n) is 10.9. The third kappa shape index (κ3) is 4.11. The third-order valence-electron chi connectivity index (χ3n) is 2.50. The first-order valence-electron chi connectivity index (χ1n) is 5.39. The van der Waals surface area contributed by atoms with E-state index in [-0.39, 0.29) is 22.1 Å². The van der Waals surface area contributed by atoms with Crippen LogP contribution in [0.4, 0.5) is 5.69 Å². The van der Waals surface area contributed by atoms with Gasteiger partial charge in [-0.3, -0.25) is 4.57 Å². The molecule has 0 aliphatic rings. The fourth-order valence-corrected chi connectivity index (χ4v) is 4.35.